The highest BCUT2D eigenvalue weighted by Crippen LogP contribution is 2.33. The zero-order valence-corrected chi connectivity index (χ0v) is 14.2. The fourth-order valence-electron chi connectivity index (χ4n) is 2.57. The normalized spacial score (nSPS) is 11.3. The first-order chi connectivity index (χ1) is 11.1. The molecule has 4 nitrogen and oxygen atoms in total. The third kappa shape index (κ3) is 2.47. The van der Waals surface area contributed by atoms with E-state index in [0.717, 1.165) is 26.6 Å². The van der Waals surface area contributed by atoms with Crippen LogP contribution in [0.4, 0.5) is 0 Å². The molecule has 0 atom stereocenters. The Bertz CT molecular complexity index is 1000. The van der Waals surface area contributed by atoms with E-state index in [0.29, 0.717) is 17.5 Å². The van der Waals surface area contributed by atoms with Gasteiger partial charge in [0.05, 0.1) is 0 Å². The van der Waals surface area contributed by atoms with Gasteiger partial charge in [0.25, 0.3) is 5.89 Å². The molecule has 2 aromatic carbocycles. The lowest BCUT2D eigenvalue weighted by atomic mass is 10.1. The molecular formula is C18H13BrN2O2. The van der Waals surface area contributed by atoms with Gasteiger partial charge in [0.2, 0.25) is 5.82 Å². The van der Waals surface area contributed by atoms with Crippen molar-refractivity contribution < 1.29 is 8.94 Å². The maximum absolute atomic E-state index is 5.92. The van der Waals surface area contributed by atoms with Crippen LogP contribution in [0.15, 0.2) is 55.9 Å². The Morgan fingerprint density at radius 2 is 1.78 bits per heavy atom. The summed E-state index contributed by atoms with van der Waals surface area (Å²) in [7, 11) is 0. The molecule has 0 aliphatic rings. The predicted octanol–water partition coefficient (Wildman–Crippen LogP) is 5.53. The molecule has 5 heteroatoms. The lowest BCUT2D eigenvalue weighted by Gasteiger charge is -1.93. The van der Waals surface area contributed by atoms with E-state index in [1.807, 2.05) is 43.3 Å². The summed E-state index contributed by atoms with van der Waals surface area (Å²) in [5, 5.41) is 5.15. The second-order valence-electron chi connectivity index (χ2n) is 5.49. The molecule has 0 spiro atoms. The Morgan fingerprint density at radius 1 is 1.00 bits per heavy atom. The molecule has 4 rings (SSSR count). The van der Waals surface area contributed by atoms with Crippen molar-refractivity contribution in [1.29, 1.82) is 0 Å². The summed E-state index contributed by atoms with van der Waals surface area (Å²) < 4.78 is 12.3. The second kappa shape index (κ2) is 5.35. The number of aromatic nitrogens is 2. The van der Waals surface area contributed by atoms with Gasteiger partial charge >= 0.3 is 0 Å². The first kappa shape index (κ1) is 14.2. The summed E-state index contributed by atoms with van der Waals surface area (Å²) in [6.07, 6.45) is 0. The van der Waals surface area contributed by atoms with Crippen molar-refractivity contribution in [3.63, 3.8) is 0 Å². The van der Waals surface area contributed by atoms with Crippen LogP contribution in [-0.4, -0.2) is 10.1 Å². The quantitative estimate of drug-likeness (QED) is 0.466. The van der Waals surface area contributed by atoms with Crippen LogP contribution in [0.5, 0.6) is 0 Å². The van der Waals surface area contributed by atoms with Crippen molar-refractivity contribution in [2.45, 2.75) is 13.8 Å². The number of halogens is 1. The van der Waals surface area contributed by atoms with Gasteiger partial charge in [-0.3, -0.25) is 0 Å². The number of furan rings is 1. The molecule has 0 radical (unpaired) electrons. The van der Waals surface area contributed by atoms with Gasteiger partial charge in [-0.2, -0.15) is 4.98 Å². The number of hydrogen-bond acceptors (Lipinski definition) is 4. The average molecular weight is 369 g/mol. The van der Waals surface area contributed by atoms with E-state index in [9.17, 15) is 0 Å². The molecule has 0 unspecified atom stereocenters. The molecule has 2 aromatic heterocycles. The zero-order valence-electron chi connectivity index (χ0n) is 12.6. The highest BCUT2D eigenvalue weighted by atomic mass is 79.9. The van der Waals surface area contributed by atoms with Gasteiger partial charge in [-0.15, -0.1) is 0 Å². The topological polar surface area (TPSA) is 52.1 Å². The molecule has 0 bridgehead atoms. The van der Waals surface area contributed by atoms with E-state index < -0.39 is 0 Å². The standard InChI is InChI=1S/C18H13BrN2O2/c1-10-3-8-15-14(9-10)11(2)16(22-15)17-20-18(23-21-17)12-4-6-13(19)7-5-12/h3-9H,1-2H3. The molecule has 0 N–H and O–H groups in total. The number of benzene rings is 2. The van der Waals surface area contributed by atoms with E-state index in [-0.39, 0.29) is 0 Å². The number of rotatable bonds is 2. The molecule has 2 heterocycles. The van der Waals surface area contributed by atoms with E-state index in [4.69, 9.17) is 8.94 Å². The molecular weight excluding hydrogens is 356 g/mol. The third-order valence-electron chi connectivity index (χ3n) is 3.81. The van der Waals surface area contributed by atoms with Crippen molar-refractivity contribution in [1.82, 2.24) is 10.1 Å². The van der Waals surface area contributed by atoms with Gasteiger partial charge < -0.3 is 8.94 Å². The molecule has 23 heavy (non-hydrogen) atoms. The van der Waals surface area contributed by atoms with Crippen LogP contribution in [0.2, 0.25) is 0 Å². The molecule has 0 aliphatic carbocycles. The van der Waals surface area contributed by atoms with Gasteiger partial charge in [-0.1, -0.05) is 32.7 Å². The Labute approximate surface area is 141 Å². The minimum absolute atomic E-state index is 0.467. The summed E-state index contributed by atoms with van der Waals surface area (Å²) in [6.45, 7) is 4.07. The summed E-state index contributed by atoms with van der Waals surface area (Å²) in [5.41, 5.74) is 3.91. The molecule has 0 saturated carbocycles. The van der Waals surface area contributed by atoms with E-state index in [2.05, 4.69) is 39.1 Å². The van der Waals surface area contributed by atoms with Gasteiger partial charge in [-0.05, 0) is 50.2 Å². The fraction of sp³-hybridized carbons (Fsp3) is 0.111. The van der Waals surface area contributed by atoms with E-state index >= 15 is 0 Å². The van der Waals surface area contributed by atoms with Crippen molar-refractivity contribution in [2.75, 3.05) is 0 Å². The van der Waals surface area contributed by atoms with Crippen LogP contribution in [0.3, 0.4) is 0 Å². The Morgan fingerprint density at radius 3 is 2.57 bits per heavy atom. The number of fused-ring (bicyclic) bond motifs is 1. The van der Waals surface area contributed by atoms with E-state index in [1.54, 1.807) is 0 Å². The van der Waals surface area contributed by atoms with Gasteiger partial charge in [-0.25, -0.2) is 0 Å². The fourth-order valence-corrected chi connectivity index (χ4v) is 2.84. The number of hydrogen-bond donors (Lipinski definition) is 0. The second-order valence-corrected chi connectivity index (χ2v) is 6.40. The van der Waals surface area contributed by atoms with Crippen LogP contribution in [0, 0.1) is 13.8 Å². The maximum Gasteiger partial charge on any atom is 0.258 e. The molecule has 0 amide bonds. The maximum atomic E-state index is 5.92. The minimum Gasteiger partial charge on any atom is -0.452 e. The van der Waals surface area contributed by atoms with Gasteiger partial charge in [0.1, 0.15) is 5.58 Å². The SMILES string of the molecule is Cc1ccc2oc(-c3noc(-c4ccc(Br)cc4)n3)c(C)c2c1. The van der Waals surface area contributed by atoms with Crippen molar-refractivity contribution in [2.24, 2.45) is 0 Å². The monoisotopic (exact) mass is 368 g/mol. The Hall–Kier alpha value is -2.40. The van der Waals surface area contributed by atoms with E-state index in [1.165, 1.54) is 5.56 Å². The third-order valence-corrected chi connectivity index (χ3v) is 4.34. The van der Waals surface area contributed by atoms with Crippen molar-refractivity contribution in [3.8, 4) is 23.0 Å². The lowest BCUT2D eigenvalue weighted by molar-refractivity contribution is 0.430. The minimum atomic E-state index is 0.467. The molecule has 0 saturated heterocycles. The number of nitrogens with zero attached hydrogens (tertiary/aromatic N) is 2. The average Bonchev–Trinajstić information content (AvgIpc) is 3.14. The Kier molecular flexibility index (Phi) is 3.31. The van der Waals surface area contributed by atoms with Gasteiger partial charge in [0.15, 0.2) is 5.76 Å². The Balaban J connectivity index is 1.80. The van der Waals surface area contributed by atoms with Gasteiger partial charge in [0, 0.05) is 21.0 Å². The predicted molar refractivity (Wildman–Crippen MR) is 92.1 cm³/mol. The summed E-state index contributed by atoms with van der Waals surface area (Å²) >= 11 is 3.41. The highest BCUT2D eigenvalue weighted by Gasteiger charge is 2.18. The molecule has 4 aromatic rings. The zero-order chi connectivity index (χ0) is 16.0. The molecule has 0 aliphatic heterocycles. The number of aryl methyl sites for hydroxylation is 2. The van der Waals surface area contributed by atoms with Crippen LogP contribution < -0.4 is 0 Å². The first-order valence-electron chi connectivity index (χ1n) is 7.21. The van der Waals surface area contributed by atoms with Crippen LogP contribution in [0.25, 0.3) is 34.0 Å². The smallest absolute Gasteiger partial charge is 0.258 e. The van der Waals surface area contributed by atoms with Crippen LogP contribution in [-0.2, 0) is 0 Å². The first-order valence-corrected chi connectivity index (χ1v) is 8.01. The van der Waals surface area contributed by atoms with Crippen LogP contribution in [0.1, 0.15) is 11.1 Å². The van der Waals surface area contributed by atoms with Crippen molar-refractivity contribution in [3.05, 3.63) is 58.1 Å². The van der Waals surface area contributed by atoms with Crippen molar-refractivity contribution >= 4 is 26.9 Å². The summed E-state index contributed by atoms with van der Waals surface area (Å²) in [5.74, 6) is 1.59. The highest BCUT2D eigenvalue weighted by molar-refractivity contribution is 9.10. The lowest BCUT2D eigenvalue weighted by Crippen LogP contribution is -1.81. The van der Waals surface area contributed by atoms with Crippen LogP contribution >= 0.6 is 15.9 Å². The summed E-state index contributed by atoms with van der Waals surface area (Å²) in [6, 6.07) is 13.8. The summed E-state index contributed by atoms with van der Waals surface area (Å²) in [4.78, 5) is 4.47. The molecule has 114 valence electrons. The largest absolute Gasteiger partial charge is 0.452 e. The molecule has 0 fully saturated rings.